The van der Waals surface area contributed by atoms with Gasteiger partial charge in [-0.15, -0.1) is 0 Å². The maximum absolute atomic E-state index is 13.2. The predicted molar refractivity (Wildman–Crippen MR) is 53.2 cm³/mol. The number of hydrogen-bond acceptors (Lipinski definition) is 1. The molecule has 4 aliphatic rings. The summed E-state index contributed by atoms with van der Waals surface area (Å²) < 4.78 is 39.7. The van der Waals surface area contributed by atoms with E-state index in [0.29, 0.717) is 12.8 Å². The van der Waals surface area contributed by atoms with Crippen LogP contribution in [-0.2, 0) is 4.79 Å². The summed E-state index contributed by atoms with van der Waals surface area (Å²) in [5.74, 6) is -1.08. The molecule has 2 nitrogen and oxygen atoms in total. The van der Waals surface area contributed by atoms with E-state index >= 15 is 0 Å². The van der Waals surface area contributed by atoms with Crippen LogP contribution >= 0.6 is 0 Å². The van der Waals surface area contributed by atoms with Gasteiger partial charge in [0.05, 0.1) is 10.8 Å². The zero-order valence-corrected chi connectivity index (χ0v) is 9.39. The average molecular weight is 248 g/mol. The number of carboxylic acids is 1. The summed E-state index contributed by atoms with van der Waals surface area (Å²) in [6, 6.07) is 0. The minimum Gasteiger partial charge on any atom is -0.481 e. The first kappa shape index (κ1) is 11.4. The van der Waals surface area contributed by atoms with E-state index in [1.165, 1.54) is 0 Å². The highest BCUT2D eigenvalue weighted by Gasteiger charge is 2.69. The molecule has 4 bridgehead atoms. The summed E-state index contributed by atoms with van der Waals surface area (Å²) in [7, 11) is 0. The van der Waals surface area contributed by atoms with Crippen molar-refractivity contribution in [1.82, 2.24) is 0 Å². The van der Waals surface area contributed by atoms with Crippen molar-refractivity contribution in [1.29, 1.82) is 0 Å². The van der Waals surface area contributed by atoms with Gasteiger partial charge in [0.25, 0.3) is 0 Å². The first-order valence-electron chi connectivity index (χ1n) is 6.07. The quantitative estimate of drug-likeness (QED) is 0.773. The van der Waals surface area contributed by atoms with Gasteiger partial charge in [0.1, 0.15) is 0 Å². The lowest BCUT2D eigenvalue weighted by molar-refractivity contribution is -0.285. The third-order valence-electron chi connectivity index (χ3n) is 5.12. The first-order chi connectivity index (χ1) is 7.76. The van der Waals surface area contributed by atoms with Gasteiger partial charge in [-0.1, -0.05) is 0 Å². The van der Waals surface area contributed by atoms with E-state index in [-0.39, 0.29) is 31.1 Å². The van der Waals surface area contributed by atoms with Crippen molar-refractivity contribution in [2.75, 3.05) is 0 Å². The largest absolute Gasteiger partial charge is 0.481 e. The summed E-state index contributed by atoms with van der Waals surface area (Å²) in [4.78, 5) is 11.4. The van der Waals surface area contributed by atoms with Gasteiger partial charge < -0.3 is 5.11 Å². The lowest BCUT2D eigenvalue weighted by Crippen LogP contribution is -2.59. The number of alkyl halides is 3. The average Bonchev–Trinajstić information content (AvgIpc) is 2.13. The smallest absolute Gasteiger partial charge is 0.394 e. The number of hydrogen-bond donors (Lipinski definition) is 1. The Morgan fingerprint density at radius 1 is 1.12 bits per heavy atom. The third-order valence-corrected chi connectivity index (χ3v) is 5.12. The normalized spacial score (nSPS) is 48.4. The lowest BCUT2D eigenvalue weighted by Gasteiger charge is -2.60. The fourth-order valence-electron chi connectivity index (χ4n) is 4.84. The van der Waals surface area contributed by atoms with Gasteiger partial charge >= 0.3 is 12.1 Å². The SMILES string of the molecule is O=C(O)C12C[C@H]3C[C@@H](C1)CC(C(F)(F)F)(C3)C2. The van der Waals surface area contributed by atoms with E-state index in [2.05, 4.69) is 0 Å². The monoisotopic (exact) mass is 248 g/mol. The Morgan fingerprint density at radius 3 is 2.06 bits per heavy atom. The Morgan fingerprint density at radius 2 is 1.65 bits per heavy atom. The zero-order valence-electron chi connectivity index (χ0n) is 9.39. The van der Waals surface area contributed by atoms with Gasteiger partial charge in [0, 0.05) is 0 Å². The van der Waals surface area contributed by atoms with Gasteiger partial charge in [-0.3, -0.25) is 4.79 Å². The van der Waals surface area contributed by atoms with Crippen molar-refractivity contribution in [2.45, 2.75) is 44.7 Å². The Labute approximate surface area is 97.2 Å². The molecule has 2 unspecified atom stereocenters. The minimum atomic E-state index is -4.24. The highest BCUT2D eigenvalue weighted by Crippen LogP contribution is 2.69. The van der Waals surface area contributed by atoms with Gasteiger partial charge in [-0.25, -0.2) is 0 Å². The molecule has 0 heterocycles. The highest BCUT2D eigenvalue weighted by atomic mass is 19.4. The fourth-order valence-corrected chi connectivity index (χ4v) is 4.84. The molecule has 0 radical (unpaired) electrons. The summed E-state index contributed by atoms with van der Waals surface area (Å²) in [6.45, 7) is 0. The van der Waals surface area contributed by atoms with Crippen LogP contribution < -0.4 is 0 Å². The minimum absolute atomic E-state index is 0.0334. The third kappa shape index (κ3) is 1.37. The van der Waals surface area contributed by atoms with Crippen LogP contribution in [0, 0.1) is 22.7 Å². The Hall–Kier alpha value is -0.740. The number of aliphatic carboxylic acids is 1. The molecule has 4 saturated carbocycles. The number of halogens is 3. The van der Waals surface area contributed by atoms with Crippen molar-refractivity contribution >= 4 is 5.97 Å². The molecule has 4 atom stereocenters. The molecule has 0 aromatic rings. The Balaban J connectivity index is 2.03. The van der Waals surface area contributed by atoms with Crippen LogP contribution in [0.4, 0.5) is 13.2 Å². The number of rotatable bonds is 1. The van der Waals surface area contributed by atoms with Crippen LogP contribution in [0.1, 0.15) is 38.5 Å². The first-order valence-corrected chi connectivity index (χ1v) is 6.07. The molecule has 0 aromatic carbocycles. The topological polar surface area (TPSA) is 37.3 Å². The van der Waals surface area contributed by atoms with Crippen molar-refractivity contribution in [3.8, 4) is 0 Å². The fraction of sp³-hybridized carbons (Fsp3) is 0.917. The molecule has 96 valence electrons. The molecule has 4 rings (SSSR count). The number of carboxylic acid groups (broad SMARTS) is 1. The van der Waals surface area contributed by atoms with Gasteiger partial charge in [-0.05, 0) is 50.4 Å². The molecule has 0 saturated heterocycles. The van der Waals surface area contributed by atoms with Crippen molar-refractivity contribution in [3.05, 3.63) is 0 Å². The van der Waals surface area contributed by atoms with Crippen LogP contribution in [0.3, 0.4) is 0 Å². The van der Waals surface area contributed by atoms with Crippen LogP contribution in [0.2, 0.25) is 0 Å². The predicted octanol–water partition coefficient (Wildman–Crippen LogP) is 3.22. The second-order valence-corrected chi connectivity index (χ2v) is 6.32. The van der Waals surface area contributed by atoms with Crippen LogP contribution in [0.15, 0.2) is 0 Å². The maximum Gasteiger partial charge on any atom is 0.394 e. The molecular weight excluding hydrogens is 233 g/mol. The summed E-state index contributed by atoms with van der Waals surface area (Å²) in [6.07, 6.45) is -2.42. The Kier molecular flexibility index (Phi) is 1.99. The van der Waals surface area contributed by atoms with E-state index < -0.39 is 23.0 Å². The summed E-state index contributed by atoms with van der Waals surface area (Å²) >= 11 is 0. The van der Waals surface area contributed by atoms with Crippen LogP contribution in [0.25, 0.3) is 0 Å². The maximum atomic E-state index is 13.2. The van der Waals surface area contributed by atoms with Gasteiger partial charge in [0.15, 0.2) is 0 Å². The molecule has 0 aliphatic heterocycles. The second-order valence-electron chi connectivity index (χ2n) is 6.32. The molecule has 0 spiro atoms. The molecule has 17 heavy (non-hydrogen) atoms. The highest BCUT2D eigenvalue weighted by molar-refractivity contribution is 5.75. The van der Waals surface area contributed by atoms with E-state index in [1.54, 1.807) is 0 Å². The second kappa shape index (κ2) is 2.98. The molecule has 5 heteroatoms. The molecular formula is C12H15F3O2. The van der Waals surface area contributed by atoms with E-state index in [4.69, 9.17) is 0 Å². The molecule has 0 amide bonds. The van der Waals surface area contributed by atoms with E-state index in [0.717, 1.165) is 6.42 Å². The van der Waals surface area contributed by atoms with E-state index in [9.17, 15) is 23.1 Å². The molecule has 4 fully saturated rings. The van der Waals surface area contributed by atoms with Crippen LogP contribution in [0.5, 0.6) is 0 Å². The molecule has 0 aromatic heterocycles. The summed E-state index contributed by atoms with van der Waals surface area (Å²) in [5, 5.41) is 9.29. The molecule has 1 N–H and O–H groups in total. The van der Waals surface area contributed by atoms with Gasteiger partial charge in [0.2, 0.25) is 0 Å². The van der Waals surface area contributed by atoms with Crippen molar-refractivity contribution in [3.63, 3.8) is 0 Å². The lowest BCUT2D eigenvalue weighted by atomic mass is 9.44. The zero-order chi connectivity index (χ0) is 12.5. The van der Waals surface area contributed by atoms with E-state index in [1.807, 2.05) is 0 Å². The Bertz CT molecular complexity index is 360. The van der Waals surface area contributed by atoms with Gasteiger partial charge in [-0.2, -0.15) is 13.2 Å². The van der Waals surface area contributed by atoms with Crippen molar-refractivity contribution in [2.24, 2.45) is 22.7 Å². The van der Waals surface area contributed by atoms with Crippen molar-refractivity contribution < 1.29 is 23.1 Å². The molecule has 4 aliphatic carbocycles. The summed E-state index contributed by atoms with van der Waals surface area (Å²) in [5.41, 5.74) is -2.78. The van der Waals surface area contributed by atoms with Crippen LogP contribution in [-0.4, -0.2) is 17.3 Å². The number of carbonyl (C=O) groups is 1. The standard InChI is InChI=1S/C12H15F3O2/c13-12(14,15)11-4-7-1-8(5-11)3-10(2-7,6-11)9(16)17/h7-8H,1-6H2,(H,16,17)/t7-,8+,10?,11?.